The summed E-state index contributed by atoms with van der Waals surface area (Å²) in [4.78, 5) is 28.8. The molecule has 0 unspecified atom stereocenters. The third-order valence-electron chi connectivity index (χ3n) is 4.71. The van der Waals surface area contributed by atoms with E-state index >= 15 is 0 Å². The van der Waals surface area contributed by atoms with E-state index < -0.39 is 0 Å². The Labute approximate surface area is 151 Å². The molecular weight excluding hydrogens is 328 g/mol. The summed E-state index contributed by atoms with van der Waals surface area (Å²) in [5.41, 5.74) is 3.68. The van der Waals surface area contributed by atoms with Crippen molar-refractivity contribution in [1.29, 1.82) is 0 Å². The number of carbonyl (C=O) groups excluding carboxylic acids is 2. The number of aromatic nitrogens is 2. The van der Waals surface area contributed by atoms with E-state index in [0.717, 1.165) is 22.6 Å². The lowest BCUT2D eigenvalue weighted by molar-refractivity contribution is -0.123. The molecule has 4 rings (SSSR count). The van der Waals surface area contributed by atoms with E-state index in [1.54, 1.807) is 0 Å². The van der Waals surface area contributed by atoms with Crippen LogP contribution in [0.4, 0.5) is 5.69 Å². The summed E-state index contributed by atoms with van der Waals surface area (Å²) in [6.45, 7) is 0.389. The van der Waals surface area contributed by atoms with Gasteiger partial charge in [0, 0.05) is 30.4 Å². The largest absolute Gasteiger partial charge is 0.350 e. The molecule has 1 aliphatic heterocycles. The van der Waals surface area contributed by atoms with Crippen molar-refractivity contribution in [3.05, 3.63) is 66.1 Å². The monoisotopic (exact) mass is 348 g/mol. The number of hydrogen-bond donors (Lipinski definition) is 2. The Morgan fingerprint density at radius 1 is 1.23 bits per heavy atom. The van der Waals surface area contributed by atoms with Gasteiger partial charge in [0.15, 0.2) is 0 Å². The summed E-state index contributed by atoms with van der Waals surface area (Å²) in [5, 5.41) is 5.81. The number of anilines is 1. The Morgan fingerprint density at radius 2 is 2.08 bits per heavy atom. The minimum absolute atomic E-state index is 0.00292. The second-order valence-electron chi connectivity index (χ2n) is 6.56. The van der Waals surface area contributed by atoms with Gasteiger partial charge in [0.1, 0.15) is 5.65 Å². The average molecular weight is 348 g/mol. The minimum atomic E-state index is -0.161. The van der Waals surface area contributed by atoms with Gasteiger partial charge in [0.2, 0.25) is 11.8 Å². The van der Waals surface area contributed by atoms with E-state index in [2.05, 4.69) is 15.6 Å². The molecule has 3 aromatic rings. The lowest BCUT2D eigenvalue weighted by atomic mass is 9.89. The van der Waals surface area contributed by atoms with Gasteiger partial charge in [-0.15, -0.1) is 0 Å². The maximum Gasteiger partial charge on any atom is 0.227 e. The van der Waals surface area contributed by atoms with Crippen molar-refractivity contribution >= 4 is 23.1 Å². The van der Waals surface area contributed by atoms with Crippen LogP contribution in [0.2, 0.25) is 0 Å². The molecular formula is C20H20N4O2. The van der Waals surface area contributed by atoms with E-state index in [9.17, 15) is 9.59 Å². The van der Waals surface area contributed by atoms with Crippen molar-refractivity contribution in [2.45, 2.75) is 25.8 Å². The number of fused-ring (bicyclic) bond motifs is 2. The standard InChI is InChI=1S/C20H20N4O2/c25-19(21-12-16-13-24-10-4-3-7-18(24)22-16)9-8-15-11-14-5-1-2-6-17(14)23-20(15)26/h1-7,10,13,15H,8-9,11-12H2,(H,21,25)(H,23,26)/t15-/m0/s1. The molecule has 0 saturated heterocycles. The van der Waals surface area contributed by atoms with E-state index in [1.165, 1.54) is 0 Å². The molecule has 0 bridgehead atoms. The van der Waals surface area contributed by atoms with E-state index in [0.29, 0.717) is 25.8 Å². The zero-order valence-corrected chi connectivity index (χ0v) is 14.3. The summed E-state index contributed by atoms with van der Waals surface area (Å²) < 4.78 is 1.92. The number of rotatable bonds is 5. The summed E-state index contributed by atoms with van der Waals surface area (Å²) in [7, 11) is 0. The van der Waals surface area contributed by atoms with Crippen LogP contribution in [0.25, 0.3) is 5.65 Å². The number of imidazole rings is 1. The molecule has 132 valence electrons. The first-order valence-corrected chi connectivity index (χ1v) is 8.77. The number of pyridine rings is 1. The molecule has 1 aliphatic rings. The molecule has 3 heterocycles. The van der Waals surface area contributed by atoms with E-state index in [4.69, 9.17) is 0 Å². The number of hydrogen-bond acceptors (Lipinski definition) is 3. The smallest absolute Gasteiger partial charge is 0.227 e. The Balaban J connectivity index is 1.29. The molecule has 6 heteroatoms. The molecule has 0 spiro atoms. The van der Waals surface area contributed by atoms with Gasteiger partial charge in [-0.3, -0.25) is 9.59 Å². The number of nitrogens with one attached hydrogen (secondary N) is 2. The highest BCUT2D eigenvalue weighted by Crippen LogP contribution is 2.27. The molecule has 2 aromatic heterocycles. The van der Waals surface area contributed by atoms with Gasteiger partial charge in [-0.25, -0.2) is 4.98 Å². The predicted molar refractivity (Wildman–Crippen MR) is 98.5 cm³/mol. The molecule has 2 N–H and O–H groups in total. The second-order valence-corrected chi connectivity index (χ2v) is 6.56. The lowest BCUT2D eigenvalue weighted by Gasteiger charge is -2.24. The van der Waals surface area contributed by atoms with Crippen LogP contribution in [-0.2, 0) is 22.6 Å². The second kappa shape index (κ2) is 7.00. The van der Waals surface area contributed by atoms with Crippen molar-refractivity contribution in [1.82, 2.24) is 14.7 Å². The normalized spacial score (nSPS) is 16.2. The fourth-order valence-electron chi connectivity index (χ4n) is 3.30. The van der Waals surface area contributed by atoms with Gasteiger partial charge < -0.3 is 15.0 Å². The summed E-state index contributed by atoms with van der Waals surface area (Å²) in [6, 6.07) is 13.6. The molecule has 0 aliphatic carbocycles. The van der Waals surface area contributed by atoms with Crippen molar-refractivity contribution in [3.63, 3.8) is 0 Å². The van der Waals surface area contributed by atoms with Crippen molar-refractivity contribution in [2.24, 2.45) is 5.92 Å². The van der Waals surface area contributed by atoms with Crippen LogP contribution in [0.3, 0.4) is 0 Å². The van der Waals surface area contributed by atoms with E-state index in [-0.39, 0.29) is 17.7 Å². The van der Waals surface area contributed by atoms with Gasteiger partial charge in [-0.2, -0.15) is 0 Å². The highest BCUT2D eigenvalue weighted by atomic mass is 16.2. The van der Waals surface area contributed by atoms with Gasteiger partial charge in [-0.05, 0) is 36.6 Å². The number of para-hydroxylation sites is 1. The van der Waals surface area contributed by atoms with Crippen molar-refractivity contribution < 1.29 is 9.59 Å². The maximum atomic E-state index is 12.2. The molecule has 2 amide bonds. The van der Waals surface area contributed by atoms with Gasteiger partial charge in [0.05, 0.1) is 12.2 Å². The first kappa shape index (κ1) is 16.3. The van der Waals surface area contributed by atoms with E-state index in [1.807, 2.05) is 59.3 Å². The van der Waals surface area contributed by atoms with Crippen LogP contribution in [-0.4, -0.2) is 21.2 Å². The van der Waals surface area contributed by atoms with Crippen LogP contribution in [0.5, 0.6) is 0 Å². The molecule has 1 aromatic carbocycles. The Morgan fingerprint density at radius 3 is 2.96 bits per heavy atom. The summed E-state index contributed by atoms with van der Waals surface area (Å²) in [6.07, 6.45) is 5.38. The zero-order chi connectivity index (χ0) is 17.9. The number of nitrogens with zero attached hydrogens (tertiary/aromatic N) is 2. The maximum absolute atomic E-state index is 12.2. The van der Waals surface area contributed by atoms with Gasteiger partial charge >= 0.3 is 0 Å². The fourth-order valence-corrected chi connectivity index (χ4v) is 3.30. The van der Waals surface area contributed by atoms with Gasteiger partial charge in [-0.1, -0.05) is 24.3 Å². The number of amides is 2. The Kier molecular flexibility index (Phi) is 4.39. The van der Waals surface area contributed by atoms with Crippen LogP contribution in [0.1, 0.15) is 24.1 Å². The van der Waals surface area contributed by atoms with Crippen LogP contribution in [0.15, 0.2) is 54.9 Å². The van der Waals surface area contributed by atoms with Crippen LogP contribution >= 0.6 is 0 Å². The summed E-state index contributed by atoms with van der Waals surface area (Å²) >= 11 is 0. The molecule has 1 atom stereocenters. The number of carbonyl (C=O) groups is 2. The Bertz CT molecular complexity index is 930. The molecule has 0 fully saturated rings. The van der Waals surface area contributed by atoms with Crippen molar-refractivity contribution in [2.75, 3.05) is 5.32 Å². The highest BCUT2D eigenvalue weighted by molar-refractivity contribution is 5.96. The lowest BCUT2D eigenvalue weighted by Crippen LogP contribution is -2.31. The molecule has 0 saturated carbocycles. The Hall–Kier alpha value is -3.15. The SMILES string of the molecule is O=C(CC[C@H]1Cc2ccccc2NC1=O)NCc1cn2ccccc2n1. The minimum Gasteiger partial charge on any atom is -0.350 e. The average Bonchev–Trinajstić information content (AvgIpc) is 3.07. The molecule has 6 nitrogen and oxygen atoms in total. The predicted octanol–water partition coefficient (Wildman–Crippen LogP) is 2.54. The van der Waals surface area contributed by atoms with Crippen LogP contribution in [0, 0.1) is 5.92 Å². The van der Waals surface area contributed by atoms with Crippen LogP contribution < -0.4 is 10.6 Å². The first-order chi connectivity index (χ1) is 12.7. The summed E-state index contributed by atoms with van der Waals surface area (Å²) in [5.74, 6) is -0.226. The first-order valence-electron chi connectivity index (χ1n) is 8.77. The highest BCUT2D eigenvalue weighted by Gasteiger charge is 2.26. The molecule has 26 heavy (non-hydrogen) atoms. The van der Waals surface area contributed by atoms with Crippen molar-refractivity contribution in [3.8, 4) is 0 Å². The number of benzene rings is 1. The zero-order valence-electron chi connectivity index (χ0n) is 14.3. The quantitative estimate of drug-likeness (QED) is 0.744. The topological polar surface area (TPSA) is 75.5 Å². The van der Waals surface area contributed by atoms with Gasteiger partial charge in [0.25, 0.3) is 0 Å². The third kappa shape index (κ3) is 3.44. The fraction of sp³-hybridized carbons (Fsp3) is 0.250. The third-order valence-corrected chi connectivity index (χ3v) is 4.71. The molecule has 0 radical (unpaired) electrons.